The standard InChI is InChI=1S/C15H13N3O3/c1-19-13-7-9(4-5-16-13)14-17-15(21-18-14)11-8-10(11)12-3-2-6-20-12/h2-7,10-11H,8H2,1H3/t10-,11+/m0/s1. The van der Waals surface area contributed by atoms with Gasteiger partial charge in [-0.05, 0) is 24.6 Å². The Balaban J connectivity index is 1.56. The lowest BCUT2D eigenvalue weighted by Crippen LogP contribution is -1.89. The number of hydrogen-bond donors (Lipinski definition) is 0. The van der Waals surface area contributed by atoms with Gasteiger partial charge in [-0.1, -0.05) is 5.16 Å². The summed E-state index contributed by atoms with van der Waals surface area (Å²) in [5, 5.41) is 4.04. The molecule has 0 amide bonds. The largest absolute Gasteiger partial charge is 0.481 e. The van der Waals surface area contributed by atoms with Gasteiger partial charge in [-0.25, -0.2) is 4.98 Å². The predicted molar refractivity (Wildman–Crippen MR) is 72.9 cm³/mol. The summed E-state index contributed by atoms with van der Waals surface area (Å²) in [5.41, 5.74) is 0.826. The third kappa shape index (κ3) is 2.18. The van der Waals surface area contributed by atoms with Crippen LogP contribution in [-0.2, 0) is 0 Å². The summed E-state index contributed by atoms with van der Waals surface area (Å²) in [7, 11) is 1.58. The lowest BCUT2D eigenvalue weighted by atomic mass is 10.2. The fourth-order valence-electron chi connectivity index (χ4n) is 2.45. The minimum absolute atomic E-state index is 0.251. The average molecular weight is 283 g/mol. The number of nitrogens with zero attached hydrogens (tertiary/aromatic N) is 3. The molecular formula is C15H13N3O3. The van der Waals surface area contributed by atoms with Gasteiger partial charge in [-0.2, -0.15) is 4.98 Å². The number of hydrogen-bond acceptors (Lipinski definition) is 6. The SMILES string of the molecule is COc1cc(-c2noc([C@@H]3C[C@@H]3c3ccco3)n2)ccn1. The smallest absolute Gasteiger partial charge is 0.230 e. The van der Waals surface area contributed by atoms with Gasteiger partial charge in [-0.15, -0.1) is 0 Å². The molecule has 4 rings (SSSR count). The van der Waals surface area contributed by atoms with E-state index >= 15 is 0 Å². The zero-order valence-corrected chi connectivity index (χ0v) is 11.4. The first kappa shape index (κ1) is 12.1. The Morgan fingerprint density at radius 2 is 2.24 bits per heavy atom. The van der Waals surface area contributed by atoms with Crippen LogP contribution in [0.1, 0.15) is 29.9 Å². The third-order valence-electron chi connectivity index (χ3n) is 3.66. The van der Waals surface area contributed by atoms with Crippen molar-refractivity contribution in [3.05, 3.63) is 48.4 Å². The first-order chi connectivity index (χ1) is 10.3. The van der Waals surface area contributed by atoms with Crippen LogP contribution in [0.25, 0.3) is 11.4 Å². The van der Waals surface area contributed by atoms with Gasteiger partial charge in [0.2, 0.25) is 17.6 Å². The van der Waals surface area contributed by atoms with E-state index in [0.717, 1.165) is 17.7 Å². The number of ether oxygens (including phenoxy) is 1. The fourth-order valence-corrected chi connectivity index (χ4v) is 2.45. The molecule has 3 heterocycles. The minimum Gasteiger partial charge on any atom is -0.481 e. The highest BCUT2D eigenvalue weighted by Crippen LogP contribution is 2.54. The first-order valence-corrected chi connectivity index (χ1v) is 6.72. The lowest BCUT2D eigenvalue weighted by molar-refractivity contribution is 0.376. The maximum Gasteiger partial charge on any atom is 0.230 e. The van der Waals surface area contributed by atoms with Gasteiger partial charge in [0.1, 0.15) is 5.76 Å². The zero-order valence-electron chi connectivity index (χ0n) is 11.4. The van der Waals surface area contributed by atoms with Crippen molar-refractivity contribution in [2.45, 2.75) is 18.3 Å². The van der Waals surface area contributed by atoms with Crippen LogP contribution in [0.2, 0.25) is 0 Å². The topological polar surface area (TPSA) is 74.2 Å². The van der Waals surface area contributed by atoms with Gasteiger partial charge in [-0.3, -0.25) is 0 Å². The summed E-state index contributed by atoms with van der Waals surface area (Å²) in [5.74, 6) is 3.31. The van der Waals surface area contributed by atoms with Crippen LogP contribution in [-0.4, -0.2) is 22.2 Å². The summed E-state index contributed by atoms with van der Waals surface area (Å²) in [6, 6.07) is 7.49. The average Bonchev–Trinajstić information content (AvgIpc) is 2.97. The molecule has 1 saturated carbocycles. The quantitative estimate of drug-likeness (QED) is 0.732. The summed E-state index contributed by atoms with van der Waals surface area (Å²) in [6.45, 7) is 0. The van der Waals surface area contributed by atoms with Gasteiger partial charge >= 0.3 is 0 Å². The Hall–Kier alpha value is -2.63. The second-order valence-electron chi connectivity index (χ2n) is 5.01. The van der Waals surface area contributed by atoms with Crippen molar-refractivity contribution >= 4 is 0 Å². The normalized spacial score (nSPS) is 20.4. The number of rotatable bonds is 4. The predicted octanol–water partition coefficient (Wildman–Crippen LogP) is 3.00. The van der Waals surface area contributed by atoms with Gasteiger partial charge < -0.3 is 13.7 Å². The van der Waals surface area contributed by atoms with Crippen LogP contribution in [0.15, 0.2) is 45.7 Å². The van der Waals surface area contributed by atoms with Crippen LogP contribution >= 0.6 is 0 Å². The molecule has 21 heavy (non-hydrogen) atoms. The summed E-state index contributed by atoms with van der Waals surface area (Å²) < 4.78 is 15.9. The Bertz CT molecular complexity index is 751. The van der Waals surface area contributed by atoms with Gasteiger partial charge in [0.15, 0.2) is 0 Å². The van der Waals surface area contributed by atoms with Crippen LogP contribution in [0.5, 0.6) is 5.88 Å². The van der Waals surface area contributed by atoms with Crippen molar-refractivity contribution in [3.63, 3.8) is 0 Å². The highest BCUT2D eigenvalue weighted by atomic mass is 16.5. The van der Waals surface area contributed by atoms with Crippen molar-refractivity contribution in [1.29, 1.82) is 0 Å². The Labute approximate surface area is 120 Å². The minimum atomic E-state index is 0.251. The maximum atomic E-state index is 5.42. The van der Waals surface area contributed by atoms with Crippen LogP contribution in [0.3, 0.4) is 0 Å². The van der Waals surface area contributed by atoms with E-state index in [0.29, 0.717) is 23.5 Å². The maximum absolute atomic E-state index is 5.42. The molecule has 0 saturated heterocycles. The molecule has 0 aliphatic heterocycles. The van der Waals surface area contributed by atoms with Gasteiger partial charge in [0, 0.05) is 29.7 Å². The molecule has 106 valence electrons. The van der Waals surface area contributed by atoms with Crippen molar-refractivity contribution in [3.8, 4) is 17.3 Å². The van der Waals surface area contributed by atoms with E-state index in [1.807, 2.05) is 18.2 Å². The molecular weight excluding hydrogens is 270 g/mol. The molecule has 0 N–H and O–H groups in total. The van der Waals surface area contributed by atoms with E-state index < -0.39 is 0 Å². The molecule has 2 atom stereocenters. The van der Waals surface area contributed by atoms with Crippen molar-refractivity contribution in [2.75, 3.05) is 7.11 Å². The third-order valence-corrected chi connectivity index (χ3v) is 3.66. The van der Waals surface area contributed by atoms with Gasteiger partial charge in [0.25, 0.3) is 0 Å². The molecule has 3 aromatic rings. The zero-order chi connectivity index (χ0) is 14.2. The Morgan fingerprint density at radius 1 is 1.29 bits per heavy atom. The Morgan fingerprint density at radius 3 is 3.05 bits per heavy atom. The van der Waals surface area contributed by atoms with E-state index in [-0.39, 0.29) is 5.92 Å². The molecule has 0 aromatic carbocycles. The van der Waals surface area contributed by atoms with E-state index in [4.69, 9.17) is 13.7 Å². The van der Waals surface area contributed by atoms with Crippen LogP contribution in [0, 0.1) is 0 Å². The summed E-state index contributed by atoms with van der Waals surface area (Å²) >= 11 is 0. The van der Waals surface area contributed by atoms with E-state index in [2.05, 4.69) is 15.1 Å². The summed E-state index contributed by atoms with van der Waals surface area (Å²) in [6.07, 6.45) is 4.33. The number of aromatic nitrogens is 3. The van der Waals surface area contributed by atoms with Crippen molar-refractivity contribution < 1.29 is 13.7 Å². The monoisotopic (exact) mass is 283 g/mol. The highest BCUT2D eigenvalue weighted by molar-refractivity contribution is 5.55. The number of pyridine rings is 1. The Kier molecular flexibility index (Phi) is 2.73. The fraction of sp³-hybridized carbons (Fsp3) is 0.267. The van der Waals surface area contributed by atoms with Crippen LogP contribution in [0.4, 0.5) is 0 Å². The molecule has 1 aliphatic rings. The molecule has 1 fully saturated rings. The second kappa shape index (κ2) is 4.73. The van der Waals surface area contributed by atoms with E-state index in [1.54, 1.807) is 25.6 Å². The molecule has 0 radical (unpaired) electrons. The molecule has 0 bridgehead atoms. The van der Waals surface area contributed by atoms with E-state index in [1.165, 1.54) is 0 Å². The van der Waals surface area contributed by atoms with Crippen molar-refractivity contribution in [1.82, 2.24) is 15.1 Å². The van der Waals surface area contributed by atoms with Gasteiger partial charge in [0.05, 0.1) is 13.4 Å². The number of furan rings is 1. The second-order valence-corrected chi connectivity index (χ2v) is 5.01. The molecule has 6 nitrogen and oxygen atoms in total. The molecule has 1 aliphatic carbocycles. The molecule has 0 spiro atoms. The van der Waals surface area contributed by atoms with Crippen LogP contribution < -0.4 is 4.74 Å². The number of methoxy groups -OCH3 is 1. The first-order valence-electron chi connectivity index (χ1n) is 6.72. The molecule has 0 unspecified atom stereocenters. The molecule has 3 aromatic heterocycles. The highest BCUT2D eigenvalue weighted by Gasteiger charge is 2.45. The molecule has 6 heteroatoms. The lowest BCUT2D eigenvalue weighted by Gasteiger charge is -1.98. The summed E-state index contributed by atoms with van der Waals surface area (Å²) in [4.78, 5) is 8.54. The van der Waals surface area contributed by atoms with E-state index in [9.17, 15) is 0 Å². The van der Waals surface area contributed by atoms with Crippen molar-refractivity contribution in [2.24, 2.45) is 0 Å².